The van der Waals surface area contributed by atoms with Gasteiger partial charge in [0.25, 0.3) is 0 Å². The van der Waals surface area contributed by atoms with Gasteiger partial charge in [0.05, 0.1) is 0 Å². The van der Waals surface area contributed by atoms with Crippen molar-refractivity contribution in [3.63, 3.8) is 0 Å². The third-order valence-electron chi connectivity index (χ3n) is 0.793. The first-order valence-electron chi connectivity index (χ1n) is 2.24. The van der Waals surface area contributed by atoms with Crippen molar-refractivity contribution in [3.05, 3.63) is 21.9 Å². The molecule has 0 radical (unpaired) electrons. The number of rotatable bonds is 0. The molecule has 1 heterocycles. The summed E-state index contributed by atoms with van der Waals surface area (Å²) in [7, 11) is 0. The van der Waals surface area contributed by atoms with Crippen LogP contribution in [0.15, 0.2) is 6.07 Å². The van der Waals surface area contributed by atoms with E-state index in [1.54, 1.807) is 11.3 Å². The van der Waals surface area contributed by atoms with Crippen LogP contribution in [0.25, 0.3) is 0 Å². The Kier molecular flexibility index (Phi) is 5.16. The van der Waals surface area contributed by atoms with Gasteiger partial charge in [0.1, 0.15) is 0 Å². The van der Waals surface area contributed by atoms with Crippen molar-refractivity contribution in [1.29, 1.82) is 0 Å². The summed E-state index contributed by atoms with van der Waals surface area (Å²) < 4.78 is 0. The molecule has 38 valence electrons. The van der Waals surface area contributed by atoms with Crippen LogP contribution in [0, 0.1) is 19.2 Å². The van der Waals surface area contributed by atoms with Crippen molar-refractivity contribution in [1.82, 2.24) is 0 Å². The minimum atomic E-state index is 0. The van der Waals surface area contributed by atoms with Crippen molar-refractivity contribution in [2.24, 2.45) is 0 Å². The van der Waals surface area contributed by atoms with E-state index in [-0.39, 0.29) is 58.2 Å². The summed E-state index contributed by atoms with van der Waals surface area (Å²) in [5.74, 6) is 0. The molecule has 0 atom stereocenters. The third kappa shape index (κ3) is 2.88. The number of aryl methyl sites for hydroxylation is 2. The van der Waals surface area contributed by atoms with Gasteiger partial charge in [-0.25, -0.2) is 0 Å². The maximum Gasteiger partial charge on any atom is 1.00 e. The molecule has 0 amide bonds. The predicted molar refractivity (Wildman–Crippen MR) is 32.6 cm³/mol. The zero-order valence-corrected chi connectivity index (χ0v) is 11.2. The molecule has 2 heteroatoms. The second-order valence-corrected chi connectivity index (χ2v) is 2.69. The van der Waals surface area contributed by atoms with E-state index in [0.29, 0.717) is 0 Å². The molecule has 0 fully saturated rings. The molecule has 0 aliphatic carbocycles. The zero-order chi connectivity index (χ0) is 5.28. The molecule has 0 aromatic carbocycles. The van der Waals surface area contributed by atoms with Gasteiger partial charge in [-0.1, -0.05) is 13.8 Å². The molecule has 1 aromatic heterocycles. The quantitative estimate of drug-likeness (QED) is 0.476. The summed E-state index contributed by atoms with van der Waals surface area (Å²) in [5.41, 5.74) is 1.25. The monoisotopic (exact) mass is 196 g/mol. The van der Waals surface area contributed by atoms with Gasteiger partial charge in [0, 0.05) is 0 Å². The van der Waals surface area contributed by atoms with E-state index in [4.69, 9.17) is 0 Å². The Morgan fingerprint density at radius 2 is 2.12 bits per heavy atom. The van der Waals surface area contributed by atoms with E-state index in [9.17, 15) is 0 Å². The first kappa shape index (κ1) is 9.51. The SMILES string of the molecule is Cc1[c-]sc(C)c1.[Rb+]. The van der Waals surface area contributed by atoms with Gasteiger partial charge in [-0.15, -0.1) is 5.38 Å². The van der Waals surface area contributed by atoms with Crippen LogP contribution in [0.4, 0.5) is 0 Å². The molecule has 0 aliphatic heterocycles. The minimum absolute atomic E-state index is 0. The van der Waals surface area contributed by atoms with E-state index < -0.39 is 0 Å². The maximum atomic E-state index is 3.11. The summed E-state index contributed by atoms with van der Waals surface area (Å²) in [6.45, 7) is 4.15. The molecule has 1 aromatic rings. The summed E-state index contributed by atoms with van der Waals surface area (Å²) in [6, 6.07) is 2.13. The van der Waals surface area contributed by atoms with E-state index in [0.717, 1.165) is 0 Å². The Bertz CT molecular complexity index is 141. The number of hydrogen-bond donors (Lipinski definition) is 0. The summed E-state index contributed by atoms with van der Waals surface area (Å²) >= 11 is 1.68. The number of thiophene rings is 1. The molecule has 0 unspecified atom stereocenters. The Morgan fingerprint density at radius 1 is 1.50 bits per heavy atom. The van der Waals surface area contributed by atoms with Crippen LogP contribution in [0.1, 0.15) is 10.4 Å². The molecular formula is C6H7RbS. The molecular weight excluding hydrogens is 190 g/mol. The van der Waals surface area contributed by atoms with Crippen LogP contribution in [0.5, 0.6) is 0 Å². The molecule has 0 spiro atoms. The number of hydrogen-bond acceptors (Lipinski definition) is 1. The second kappa shape index (κ2) is 4.34. The van der Waals surface area contributed by atoms with Gasteiger partial charge < -0.3 is 11.3 Å². The van der Waals surface area contributed by atoms with Gasteiger partial charge in [-0.05, 0) is 0 Å². The third-order valence-corrected chi connectivity index (χ3v) is 1.66. The van der Waals surface area contributed by atoms with Crippen LogP contribution in [0.3, 0.4) is 0 Å². The van der Waals surface area contributed by atoms with Crippen LogP contribution in [-0.4, -0.2) is 0 Å². The molecule has 0 N–H and O–H groups in total. The van der Waals surface area contributed by atoms with Crippen LogP contribution < -0.4 is 58.2 Å². The Labute approximate surface area is 103 Å². The molecule has 0 bridgehead atoms. The van der Waals surface area contributed by atoms with Crippen molar-refractivity contribution in [2.75, 3.05) is 0 Å². The molecule has 0 saturated carbocycles. The fraction of sp³-hybridized carbons (Fsp3) is 0.333. The van der Waals surface area contributed by atoms with Crippen molar-refractivity contribution in [3.8, 4) is 0 Å². The molecule has 8 heavy (non-hydrogen) atoms. The van der Waals surface area contributed by atoms with Gasteiger partial charge in [0.2, 0.25) is 0 Å². The predicted octanol–water partition coefficient (Wildman–Crippen LogP) is -0.831. The first-order valence-corrected chi connectivity index (χ1v) is 3.05. The maximum absolute atomic E-state index is 3.11. The van der Waals surface area contributed by atoms with Crippen molar-refractivity contribution < 1.29 is 58.2 Å². The summed E-state index contributed by atoms with van der Waals surface area (Å²) in [5, 5.41) is 3.11. The van der Waals surface area contributed by atoms with Crippen molar-refractivity contribution >= 4 is 11.3 Å². The van der Waals surface area contributed by atoms with Gasteiger partial charge >= 0.3 is 58.2 Å². The molecule has 0 saturated heterocycles. The van der Waals surface area contributed by atoms with E-state index in [1.807, 2.05) is 0 Å². The Morgan fingerprint density at radius 3 is 2.25 bits per heavy atom. The molecule has 1 rings (SSSR count). The van der Waals surface area contributed by atoms with E-state index in [2.05, 4.69) is 25.3 Å². The topological polar surface area (TPSA) is 0 Å². The van der Waals surface area contributed by atoms with Crippen LogP contribution in [-0.2, 0) is 0 Å². The van der Waals surface area contributed by atoms with E-state index >= 15 is 0 Å². The molecule has 0 nitrogen and oxygen atoms in total. The average molecular weight is 197 g/mol. The fourth-order valence-corrected chi connectivity index (χ4v) is 1.14. The average Bonchev–Trinajstić information content (AvgIpc) is 1.87. The van der Waals surface area contributed by atoms with Gasteiger partial charge in [-0.3, -0.25) is 0 Å². The van der Waals surface area contributed by atoms with Gasteiger partial charge in [-0.2, -0.15) is 16.5 Å². The minimum Gasteiger partial charge on any atom is -0.300 e. The van der Waals surface area contributed by atoms with Crippen LogP contribution in [0.2, 0.25) is 0 Å². The zero-order valence-electron chi connectivity index (χ0n) is 5.49. The van der Waals surface area contributed by atoms with Crippen molar-refractivity contribution in [2.45, 2.75) is 13.8 Å². The van der Waals surface area contributed by atoms with Crippen LogP contribution >= 0.6 is 11.3 Å². The standard InChI is InChI=1S/C6H7S.Rb/c1-5-3-6(2)7-4-5;/h3H,1-2H3;/q-1;+1. The smallest absolute Gasteiger partial charge is 0.300 e. The summed E-state index contributed by atoms with van der Waals surface area (Å²) in [6.07, 6.45) is 0. The fourth-order valence-electron chi connectivity index (χ4n) is 0.525. The summed E-state index contributed by atoms with van der Waals surface area (Å²) in [4.78, 5) is 1.34. The Balaban J connectivity index is 0.000000490. The largest absolute Gasteiger partial charge is 1.00 e. The molecule has 0 aliphatic rings. The first-order chi connectivity index (χ1) is 3.29. The van der Waals surface area contributed by atoms with E-state index in [1.165, 1.54) is 10.4 Å². The normalized spacial score (nSPS) is 8.25. The Hall–Kier alpha value is 1.51. The second-order valence-electron chi connectivity index (χ2n) is 1.64. The van der Waals surface area contributed by atoms with Gasteiger partial charge in [0.15, 0.2) is 0 Å².